The molecule has 212 valence electrons. The molecule has 0 N–H and O–H groups in total. The van der Waals surface area contributed by atoms with E-state index in [1.165, 1.54) is 5.57 Å². The maximum atomic E-state index is 14.0. The Hall–Kier alpha value is -1.45. The minimum Gasteiger partial charge on any atom is -0.465 e. The molecule has 11 atom stereocenters. The lowest BCUT2D eigenvalue weighted by atomic mass is 9.37. The first-order valence-electron chi connectivity index (χ1n) is 15.4. The molecule has 1 heterocycles. The molecular weight excluding hydrogens is 472 g/mol. The van der Waals surface area contributed by atoms with E-state index in [1.54, 1.807) is 0 Å². The fraction of sp³-hybridized carbons (Fsp3) is 0.853. The highest BCUT2D eigenvalue weighted by Crippen LogP contribution is 2.76. The fourth-order valence-corrected chi connectivity index (χ4v) is 10.8. The first-order valence-corrected chi connectivity index (χ1v) is 15.4. The van der Waals surface area contributed by atoms with Gasteiger partial charge in [-0.25, -0.2) is 0 Å². The first kappa shape index (κ1) is 28.1. The lowest BCUT2D eigenvalue weighted by molar-refractivity contribution is -0.159. The summed E-state index contributed by atoms with van der Waals surface area (Å²) < 4.78 is 5.27. The van der Waals surface area contributed by atoms with Crippen LogP contribution in [0.1, 0.15) is 108 Å². The molecule has 1 unspecified atom stereocenters. The van der Waals surface area contributed by atoms with Crippen LogP contribution in [0.25, 0.3) is 0 Å². The van der Waals surface area contributed by atoms with Gasteiger partial charge in [0.05, 0.1) is 12.5 Å². The summed E-state index contributed by atoms with van der Waals surface area (Å²) >= 11 is 0. The third kappa shape index (κ3) is 3.36. The van der Waals surface area contributed by atoms with Crippen molar-refractivity contribution in [2.45, 2.75) is 108 Å². The van der Waals surface area contributed by atoms with Crippen LogP contribution in [0.15, 0.2) is 11.6 Å². The molecular formula is C34H52O4. The number of rotatable bonds is 4. The van der Waals surface area contributed by atoms with Gasteiger partial charge in [0.15, 0.2) is 5.78 Å². The maximum Gasteiger partial charge on any atom is 0.309 e. The van der Waals surface area contributed by atoms with Crippen molar-refractivity contribution >= 4 is 17.5 Å². The number of allylic oxidation sites excluding steroid dienone is 2. The summed E-state index contributed by atoms with van der Waals surface area (Å²) in [6.45, 7) is 23.3. The lowest BCUT2D eigenvalue weighted by Crippen LogP contribution is -2.62. The lowest BCUT2D eigenvalue weighted by Gasteiger charge is -2.66. The summed E-state index contributed by atoms with van der Waals surface area (Å²) in [5, 5.41) is 0. The van der Waals surface area contributed by atoms with Crippen LogP contribution in [0.4, 0.5) is 0 Å². The third-order valence-corrected chi connectivity index (χ3v) is 14.3. The van der Waals surface area contributed by atoms with E-state index in [4.69, 9.17) is 4.74 Å². The molecule has 38 heavy (non-hydrogen) atoms. The highest BCUT2D eigenvalue weighted by atomic mass is 16.5. The van der Waals surface area contributed by atoms with Crippen LogP contribution < -0.4 is 0 Å². The van der Waals surface area contributed by atoms with Crippen molar-refractivity contribution in [2.75, 3.05) is 6.61 Å². The zero-order chi connectivity index (χ0) is 28.2. The van der Waals surface area contributed by atoms with Gasteiger partial charge >= 0.3 is 5.97 Å². The first-order chi connectivity index (χ1) is 17.4. The number of hydrogen-bond acceptors (Lipinski definition) is 4. The molecule has 0 radical (unpaired) electrons. The topological polar surface area (TPSA) is 60.4 Å². The van der Waals surface area contributed by atoms with Gasteiger partial charge in [0.1, 0.15) is 5.78 Å². The number of esters is 1. The van der Waals surface area contributed by atoms with E-state index in [2.05, 4.69) is 68.4 Å². The molecule has 0 aromatic heterocycles. The second kappa shape index (κ2) is 8.53. The third-order valence-electron chi connectivity index (χ3n) is 14.3. The summed E-state index contributed by atoms with van der Waals surface area (Å²) in [5.74, 6) is 2.52. The molecule has 1 aliphatic heterocycles. The van der Waals surface area contributed by atoms with Crippen LogP contribution in [0.2, 0.25) is 0 Å². The van der Waals surface area contributed by atoms with Crippen molar-refractivity contribution in [1.29, 1.82) is 0 Å². The number of carbonyl (C=O) groups is 3. The van der Waals surface area contributed by atoms with E-state index in [-0.39, 0.29) is 51.2 Å². The van der Waals surface area contributed by atoms with E-state index in [0.29, 0.717) is 42.5 Å². The zero-order valence-electron chi connectivity index (χ0n) is 25.7. The molecule has 4 heteroatoms. The highest BCUT2D eigenvalue weighted by Gasteiger charge is 2.70. The van der Waals surface area contributed by atoms with Crippen molar-refractivity contribution in [2.24, 2.45) is 68.5 Å². The maximum absolute atomic E-state index is 14.0. The second-order valence-electron chi connectivity index (χ2n) is 16.0. The van der Waals surface area contributed by atoms with Crippen LogP contribution in [0, 0.1) is 68.5 Å². The van der Waals surface area contributed by atoms with Crippen molar-refractivity contribution in [3.63, 3.8) is 0 Å². The molecule has 4 fully saturated rings. The highest BCUT2D eigenvalue weighted by molar-refractivity contribution is 5.97. The van der Waals surface area contributed by atoms with Crippen LogP contribution in [-0.2, 0) is 19.1 Å². The van der Waals surface area contributed by atoms with Crippen LogP contribution in [0.5, 0.6) is 0 Å². The summed E-state index contributed by atoms with van der Waals surface area (Å²) in [5.41, 5.74) is 0.434. The molecule has 0 amide bonds. The van der Waals surface area contributed by atoms with Gasteiger partial charge in [-0.3, -0.25) is 14.4 Å². The van der Waals surface area contributed by atoms with Gasteiger partial charge in [0.2, 0.25) is 0 Å². The van der Waals surface area contributed by atoms with Crippen LogP contribution in [-0.4, -0.2) is 24.1 Å². The largest absolute Gasteiger partial charge is 0.465 e. The second-order valence-corrected chi connectivity index (χ2v) is 16.0. The average Bonchev–Trinajstić information content (AvgIpc) is 3.30. The Morgan fingerprint density at radius 1 is 1.00 bits per heavy atom. The molecule has 5 rings (SSSR count). The number of carbonyl (C=O) groups excluding carboxylic acids is 3. The zero-order valence-corrected chi connectivity index (χ0v) is 25.7. The predicted molar refractivity (Wildman–Crippen MR) is 150 cm³/mol. The molecule has 4 nitrogen and oxygen atoms in total. The SMILES string of the molecule is C[C@@H]1C[C@@]2(C)C(=O)C=C3C(C[C@H](C)[C@]4(C)[C@@H](C(C)(C)C(=O)C[C@@H]5COC(=O)[C@H]5C)CC[C@@]34C)[C@@]2(C)C[C@@H]1C. The number of hydrogen-bond donors (Lipinski definition) is 0. The van der Waals surface area contributed by atoms with Gasteiger partial charge in [-0.15, -0.1) is 0 Å². The summed E-state index contributed by atoms with van der Waals surface area (Å²) in [7, 11) is 0. The smallest absolute Gasteiger partial charge is 0.309 e. The molecule has 0 bridgehead atoms. The Labute approximate surface area is 231 Å². The predicted octanol–water partition coefficient (Wildman–Crippen LogP) is 7.45. The van der Waals surface area contributed by atoms with Gasteiger partial charge in [0.25, 0.3) is 0 Å². The quantitative estimate of drug-likeness (QED) is 0.358. The van der Waals surface area contributed by atoms with Gasteiger partial charge in [0, 0.05) is 23.2 Å². The Balaban J connectivity index is 1.51. The Kier molecular flexibility index (Phi) is 6.30. The van der Waals surface area contributed by atoms with E-state index in [0.717, 1.165) is 32.1 Å². The molecule has 5 aliphatic rings. The van der Waals surface area contributed by atoms with Gasteiger partial charge in [-0.05, 0) is 84.0 Å². The minimum absolute atomic E-state index is 0.0185. The molecule has 0 aromatic carbocycles. The van der Waals surface area contributed by atoms with Gasteiger partial charge in [-0.2, -0.15) is 0 Å². The van der Waals surface area contributed by atoms with E-state index in [9.17, 15) is 14.4 Å². The van der Waals surface area contributed by atoms with Gasteiger partial charge in [-0.1, -0.05) is 74.8 Å². The summed E-state index contributed by atoms with van der Waals surface area (Å²) in [4.78, 5) is 40.0. The van der Waals surface area contributed by atoms with Crippen molar-refractivity contribution in [1.82, 2.24) is 0 Å². The Morgan fingerprint density at radius 2 is 1.63 bits per heavy atom. The monoisotopic (exact) mass is 524 g/mol. The normalized spacial score (nSPS) is 50.6. The standard InChI is InChI=1S/C34H52O4/c1-19-16-32(8)24-13-21(3)34(10)26(30(5,6)27(35)14-23-18-38-29(37)22(23)4)11-12-31(34,7)25(24)15-28(36)33(32,9)17-20(19)2/h15,19-24,26H,11-14,16-18H2,1-10H3/t19-,20+,21-,22-,23+,24?,26+,31-,32+,33-,34+/m0/s1. The van der Waals surface area contributed by atoms with E-state index in [1.807, 2.05) is 6.92 Å². The molecule has 1 saturated heterocycles. The molecule has 4 aliphatic carbocycles. The fourth-order valence-electron chi connectivity index (χ4n) is 10.8. The number of ether oxygens (including phenoxy) is 1. The number of fused-ring (bicyclic) bond motifs is 5. The van der Waals surface area contributed by atoms with Crippen molar-refractivity contribution in [3.8, 4) is 0 Å². The number of cyclic esters (lactones) is 1. The number of Topliss-reactive ketones (excluding diaryl/α,β-unsaturated/α-hetero) is 1. The summed E-state index contributed by atoms with van der Waals surface area (Å²) in [6.07, 6.45) is 7.76. The molecule has 0 spiro atoms. The van der Waals surface area contributed by atoms with E-state index < -0.39 is 5.41 Å². The van der Waals surface area contributed by atoms with Crippen LogP contribution >= 0.6 is 0 Å². The molecule has 3 saturated carbocycles. The number of ketones is 2. The van der Waals surface area contributed by atoms with Crippen molar-refractivity contribution in [3.05, 3.63) is 11.6 Å². The summed E-state index contributed by atoms with van der Waals surface area (Å²) in [6, 6.07) is 0. The Bertz CT molecular complexity index is 1090. The van der Waals surface area contributed by atoms with Crippen LogP contribution in [0.3, 0.4) is 0 Å². The van der Waals surface area contributed by atoms with Gasteiger partial charge < -0.3 is 4.74 Å². The van der Waals surface area contributed by atoms with Crippen molar-refractivity contribution < 1.29 is 19.1 Å². The molecule has 0 aromatic rings. The average molecular weight is 525 g/mol. The Morgan fingerprint density at radius 3 is 2.24 bits per heavy atom. The minimum atomic E-state index is -0.495. The van der Waals surface area contributed by atoms with E-state index >= 15 is 0 Å².